The molecule has 152 valence electrons. The zero-order chi connectivity index (χ0) is 20.8. The third-order valence-corrected chi connectivity index (χ3v) is 5.06. The molecule has 7 nitrogen and oxygen atoms in total. The van der Waals surface area contributed by atoms with Gasteiger partial charge in [0, 0.05) is 31.1 Å². The predicted molar refractivity (Wildman–Crippen MR) is 104 cm³/mol. The third-order valence-electron chi connectivity index (χ3n) is 5.06. The maximum absolute atomic E-state index is 12.7. The summed E-state index contributed by atoms with van der Waals surface area (Å²) in [6, 6.07) is 3.20. The van der Waals surface area contributed by atoms with Crippen LogP contribution in [0.4, 0.5) is 5.69 Å². The van der Waals surface area contributed by atoms with Crippen molar-refractivity contribution in [3.05, 3.63) is 23.3 Å². The first-order valence-corrected chi connectivity index (χ1v) is 9.65. The Morgan fingerprint density at radius 3 is 2.43 bits per heavy atom. The minimum Gasteiger partial charge on any atom is -0.507 e. The van der Waals surface area contributed by atoms with Crippen LogP contribution >= 0.6 is 0 Å². The fourth-order valence-corrected chi connectivity index (χ4v) is 3.18. The number of fused-ring (bicyclic) bond motifs is 1. The molecule has 1 aliphatic rings. The van der Waals surface area contributed by atoms with Crippen molar-refractivity contribution in [3.63, 3.8) is 0 Å². The van der Waals surface area contributed by atoms with Crippen molar-refractivity contribution in [1.82, 2.24) is 0 Å². The van der Waals surface area contributed by atoms with E-state index in [1.54, 1.807) is 19.9 Å². The number of benzene rings is 1. The lowest BCUT2D eigenvalue weighted by Gasteiger charge is -2.22. The maximum Gasteiger partial charge on any atom is 0.342 e. The van der Waals surface area contributed by atoms with Crippen molar-refractivity contribution < 1.29 is 29.0 Å². The largest absolute Gasteiger partial charge is 0.507 e. The quantitative estimate of drug-likeness (QED) is 0.591. The first-order valence-electron chi connectivity index (χ1n) is 9.65. The molecule has 0 aromatic heterocycles. The van der Waals surface area contributed by atoms with E-state index in [1.165, 1.54) is 6.07 Å². The number of aromatic hydroxyl groups is 1. The Morgan fingerprint density at radius 1 is 1.07 bits per heavy atom. The van der Waals surface area contributed by atoms with Crippen molar-refractivity contribution in [2.24, 2.45) is 5.92 Å². The average molecular weight is 389 g/mol. The van der Waals surface area contributed by atoms with Crippen LogP contribution in [0.2, 0.25) is 0 Å². The molecule has 2 rings (SSSR count). The number of aryl methyl sites for hydroxylation is 1. The van der Waals surface area contributed by atoms with E-state index in [0.29, 0.717) is 24.2 Å². The topological polar surface area (TPSA) is 110 Å². The molecule has 1 heterocycles. The number of anilines is 1. The zero-order valence-corrected chi connectivity index (χ0v) is 16.5. The molecular weight excluding hydrogens is 362 g/mol. The Balaban J connectivity index is 2.40. The Morgan fingerprint density at radius 2 is 1.75 bits per heavy atom. The zero-order valence-electron chi connectivity index (χ0n) is 16.5. The summed E-state index contributed by atoms with van der Waals surface area (Å²) in [5, 5.41) is 13.5. The third kappa shape index (κ3) is 5.18. The van der Waals surface area contributed by atoms with Crippen LogP contribution < -0.4 is 5.32 Å². The summed E-state index contributed by atoms with van der Waals surface area (Å²) in [5.41, 5.74) is 1.25. The highest BCUT2D eigenvalue weighted by Crippen LogP contribution is 2.30. The van der Waals surface area contributed by atoms with Crippen LogP contribution in [0.3, 0.4) is 0 Å². The number of ketones is 3. The van der Waals surface area contributed by atoms with Crippen molar-refractivity contribution in [2.75, 3.05) is 11.9 Å². The van der Waals surface area contributed by atoms with Gasteiger partial charge in [-0.1, -0.05) is 6.92 Å². The molecule has 1 aromatic carbocycles. The van der Waals surface area contributed by atoms with Gasteiger partial charge in [-0.2, -0.15) is 0 Å². The monoisotopic (exact) mass is 389 g/mol. The number of Topliss-reactive ketones (excluding diaryl/α,β-unsaturated/α-hetero) is 3. The highest BCUT2D eigenvalue weighted by atomic mass is 16.5. The van der Waals surface area contributed by atoms with Gasteiger partial charge in [0.2, 0.25) is 11.6 Å². The minimum absolute atomic E-state index is 0.0541. The molecule has 0 radical (unpaired) electrons. The Labute approximate surface area is 164 Å². The van der Waals surface area contributed by atoms with Crippen molar-refractivity contribution in [2.45, 2.75) is 59.0 Å². The fraction of sp³-hybridized carbons (Fsp3) is 0.524. The number of nitrogens with one attached hydrogen (secondary N) is 1. The smallest absolute Gasteiger partial charge is 0.342 e. The first kappa shape index (κ1) is 21.6. The molecule has 0 fully saturated rings. The Kier molecular flexibility index (Phi) is 7.31. The highest BCUT2D eigenvalue weighted by Gasteiger charge is 2.27. The van der Waals surface area contributed by atoms with Gasteiger partial charge < -0.3 is 15.2 Å². The molecule has 2 atom stereocenters. The highest BCUT2D eigenvalue weighted by molar-refractivity contribution is 6.63. The summed E-state index contributed by atoms with van der Waals surface area (Å²) in [6.45, 7) is 6.04. The van der Waals surface area contributed by atoms with E-state index in [4.69, 9.17) is 4.74 Å². The minimum atomic E-state index is -0.960. The molecule has 0 bridgehead atoms. The van der Waals surface area contributed by atoms with Crippen LogP contribution in [0, 0.1) is 5.92 Å². The maximum atomic E-state index is 12.7. The predicted octanol–water partition coefficient (Wildman–Crippen LogP) is 2.83. The molecule has 7 heteroatoms. The molecule has 2 N–H and O–H groups in total. The van der Waals surface area contributed by atoms with E-state index in [2.05, 4.69) is 5.32 Å². The van der Waals surface area contributed by atoms with Crippen LogP contribution in [-0.2, 0) is 25.5 Å². The molecule has 1 aliphatic heterocycles. The van der Waals surface area contributed by atoms with E-state index in [0.717, 1.165) is 0 Å². The van der Waals surface area contributed by atoms with E-state index < -0.39 is 29.4 Å². The number of carbonyl (C=O) groups excluding carboxylic acids is 4. The summed E-state index contributed by atoms with van der Waals surface area (Å²) in [6.07, 6.45) is 0.228. The molecule has 0 saturated carbocycles. The lowest BCUT2D eigenvalue weighted by atomic mass is 9.94. The van der Waals surface area contributed by atoms with Gasteiger partial charge in [-0.05, 0) is 50.7 Å². The van der Waals surface area contributed by atoms with Crippen LogP contribution in [0.25, 0.3) is 0 Å². The fourth-order valence-electron chi connectivity index (χ4n) is 3.18. The number of rotatable bonds is 2. The van der Waals surface area contributed by atoms with Crippen LogP contribution in [0.1, 0.15) is 62.4 Å². The second-order valence-corrected chi connectivity index (χ2v) is 7.22. The molecule has 1 aromatic rings. The summed E-state index contributed by atoms with van der Waals surface area (Å²) < 4.78 is 5.52. The van der Waals surface area contributed by atoms with E-state index in [9.17, 15) is 24.3 Å². The van der Waals surface area contributed by atoms with Gasteiger partial charge in [-0.15, -0.1) is 0 Å². The van der Waals surface area contributed by atoms with Gasteiger partial charge >= 0.3 is 5.97 Å². The number of hydrogen-bond donors (Lipinski definition) is 2. The SMILES string of the molecule is CCNc1cc(O)c2c(c1)CCCC(=O)C(=O)C(=O)CC[C@@H](C)[C@H](C)OC2=O. The van der Waals surface area contributed by atoms with Crippen molar-refractivity contribution in [3.8, 4) is 5.75 Å². The number of phenolic OH excluding ortho intramolecular Hbond substituents is 1. The van der Waals surface area contributed by atoms with E-state index >= 15 is 0 Å². The van der Waals surface area contributed by atoms with Crippen molar-refractivity contribution in [1.29, 1.82) is 0 Å². The molecule has 0 amide bonds. The van der Waals surface area contributed by atoms with Gasteiger partial charge in [0.25, 0.3) is 5.78 Å². The Hall–Kier alpha value is -2.70. The number of esters is 1. The number of hydrogen-bond acceptors (Lipinski definition) is 7. The summed E-state index contributed by atoms with van der Waals surface area (Å²) in [4.78, 5) is 48.7. The van der Waals surface area contributed by atoms with E-state index in [1.807, 2.05) is 6.92 Å². The number of ether oxygens (including phenoxy) is 1. The van der Waals surface area contributed by atoms with Gasteiger partial charge in [-0.3, -0.25) is 14.4 Å². The van der Waals surface area contributed by atoms with Crippen LogP contribution in [0.5, 0.6) is 5.75 Å². The van der Waals surface area contributed by atoms with Gasteiger partial charge in [0.05, 0.1) is 0 Å². The van der Waals surface area contributed by atoms with Gasteiger partial charge in [0.1, 0.15) is 17.4 Å². The molecule has 0 saturated heterocycles. The Bertz CT molecular complexity index is 785. The second-order valence-electron chi connectivity index (χ2n) is 7.22. The van der Waals surface area contributed by atoms with E-state index in [-0.39, 0.29) is 42.9 Å². The standard InChI is InChI=1S/C21H27NO6/c1-4-22-15-10-14-6-5-7-16(23)20(26)17(24)9-8-12(2)13(3)28-21(27)19(14)18(25)11-15/h10-13,22,25H,4-9H2,1-3H3/t12-,13+/m1/s1. The molecule has 0 unspecified atom stereocenters. The molecule has 0 aliphatic carbocycles. The van der Waals surface area contributed by atoms with Crippen LogP contribution in [0.15, 0.2) is 12.1 Å². The summed E-state index contributed by atoms with van der Waals surface area (Å²) in [7, 11) is 0. The normalized spacial score (nSPS) is 22.2. The van der Waals surface area contributed by atoms with Gasteiger partial charge in [-0.25, -0.2) is 4.79 Å². The van der Waals surface area contributed by atoms with Crippen molar-refractivity contribution >= 4 is 29.0 Å². The lowest BCUT2D eigenvalue weighted by Crippen LogP contribution is -2.27. The lowest BCUT2D eigenvalue weighted by molar-refractivity contribution is -0.144. The molecule has 0 spiro atoms. The van der Waals surface area contributed by atoms with Gasteiger partial charge in [0.15, 0.2) is 0 Å². The second kappa shape index (κ2) is 9.48. The van der Waals surface area contributed by atoms with Crippen LogP contribution in [-0.4, -0.2) is 41.1 Å². The molecule has 28 heavy (non-hydrogen) atoms. The number of cyclic esters (lactones) is 1. The number of phenols is 1. The number of carbonyl (C=O) groups is 4. The first-order chi connectivity index (χ1) is 13.2. The summed E-state index contributed by atoms with van der Waals surface area (Å²) in [5.74, 6) is -3.38. The average Bonchev–Trinajstić information content (AvgIpc) is 2.64. The molecular formula is C21H27NO6. The summed E-state index contributed by atoms with van der Waals surface area (Å²) >= 11 is 0.